The third-order valence-corrected chi connectivity index (χ3v) is 10.4. The first kappa shape index (κ1) is 28.1. The van der Waals surface area contributed by atoms with Gasteiger partial charge in [-0.25, -0.2) is 4.90 Å². The first-order chi connectivity index (χ1) is 20.2. The number of rotatable bonds is 6. The molecule has 6 rings (SSSR count). The lowest BCUT2D eigenvalue weighted by Gasteiger charge is -2.31. The van der Waals surface area contributed by atoms with Gasteiger partial charge in [0.05, 0.1) is 34.8 Å². The number of nitro groups is 1. The van der Waals surface area contributed by atoms with Crippen LogP contribution in [0.1, 0.15) is 16.4 Å². The van der Waals surface area contributed by atoms with Crippen molar-refractivity contribution in [1.29, 1.82) is 0 Å². The summed E-state index contributed by atoms with van der Waals surface area (Å²) in [6.07, 6.45) is 0. The van der Waals surface area contributed by atoms with Crippen molar-refractivity contribution in [3.05, 3.63) is 78.8 Å². The van der Waals surface area contributed by atoms with Crippen molar-refractivity contribution < 1.29 is 24.0 Å². The first-order valence-electron chi connectivity index (χ1n) is 13.3. The molecule has 3 aliphatic heterocycles. The molecule has 0 saturated carbocycles. The number of thiazole rings is 1. The second-order valence-corrected chi connectivity index (χ2v) is 12.6. The average Bonchev–Trinajstić information content (AvgIpc) is 3.43. The van der Waals surface area contributed by atoms with Crippen molar-refractivity contribution >= 4 is 57.9 Å². The topological polar surface area (TPSA) is 135 Å². The monoisotopic (exact) mass is 609 g/mol. The summed E-state index contributed by atoms with van der Waals surface area (Å²) in [7, 11) is 3.83. The number of carbonyl (C=O) groups excluding carboxylic acids is 3. The highest BCUT2D eigenvalue weighted by atomic mass is 32.2. The number of ether oxygens (including phenoxy) is 1. The summed E-state index contributed by atoms with van der Waals surface area (Å²) < 4.78 is 6.77. The molecule has 0 radical (unpaired) electrons. The van der Waals surface area contributed by atoms with E-state index in [-0.39, 0.29) is 28.7 Å². The smallest absolute Gasteiger partial charge is 0.308 e. The Labute approximate surface area is 248 Å². The fourth-order valence-electron chi connectivity index (χ4n) is 5.62. The Morgan fingerprint density at radius 1 is 1.02 bits per heavy atom. The molecule has 0 N–H and O–H groups in total. The zero-order chi connectivity index (χ0) is 29.7. The molecule has 0 spiro atoms. The van der Waals surface area contributed by atoms with E-state index in [1.807, 2.05) is 43.3 Å². The SMILES string of the molecule is CN(C)c1ccc(C2c3sc(=O)n(CC(=O)N4CCOCC4)c3SC3C(=O)N(c4ccc([N+](=O)[O-])cc4)C(=O)C32)cc1. The standard InChI is InChI=1S/C28H27N5O7S2/c1-29(2)17-5-3-16(4-6-17)21-22-23(26(36)32(25(22)35)18-7-9-19(10-8-18)33(38)39)41-27-24(21)42-28(37)31(27)15-20(34)30-11-13-40-14-12-30/h3-10,21-23H,11-15H2,1-2H3. The summed E-state index contributed by atoms with van der Waals surface area (Å²) in [5, 5.41) is 10.8. The van der Waals surface area contributed by atoms with Crippen LogP contribution in [0.4, 0.5) is 17.1 Å². The molecule has 2 saturated heterocycles. The summed E-state index contributed by atoms with van der Waals surface area (Å²) in [6.45, 7) is 1.57. The van der Waals surface area contributed by atoms with Crippen molar-refractivity contribution in [1.82, 2.24) is 9.47 Å². The molecule has 0 bridgehead atoms. The van der Waals surface area contributed by atoms with Crippen LogP contribution in [0.3, 0.4) is 0 Å². The number of non-ortho nitro benzene ring substituents is 1. The quantitative estimate of drug-likeness (QED) is 0.235. The van der Waals surface area contributed by atoms with Crippen LogP contribution in [0.15, 0.2) is 58.4 Å². The van der Waals surface area contributed by atoms with Gasteiger partial charge in [0.1, 0.15) is 11.8 Å². The van der Waals surface area contributed by atoms with Crippen LogP contribution in [-0.4, -0.2) is 77.8 Å². The van der Waals surface area contributed by atoms with Crippen molar-refractivity contribution in [2.24, 2.45) is 5.92 Å². The molecule has 14 heteroatoms. The van der Waals surface area contributed by atoms with Crippen LogP contribution in [-0.2, 0) is 25.7 Å². The summed E-state index contributed by atoms with van der Waals surface area (Å²) in [5.74, 6) is -2.52. The lowest BCUT2D eigenvalue weighted by Crippen LogP contribution is -2.43. The number of hydrogen-bond acceptors (Lipinski definition) is 10. The molecule has 3 aliphatic rings. The highest BCUT2D eigenvalue weighted by Crippen LogP contribution is 2.54. The zero-order valence-corrected chi connectivity index (χ0v) is 24.4. The summed E-state index contributed by atoms with van der Waals surface area (Å²) in [6, 6.07) is 12.9. The summed E-state index contributed by atoms with van der Waals surface area (Å²) in [5.41, 5.74) is 1.82. The minimum Gasteiger partial charge on any atom is -0.378 e. The predicted molar refractivity (Wildman–Crippen MR) is 157 cm³/mol. The molecule has 1 aromatic heterocycles. The van der Waals surface area contributed by atoms with Crippen LogP contribution in [0.25, 0.3) is 0 Å². The first-order valence-corrected chi connectivity index (χ1v) is 15.0. The Bertz CT molecular complexity index is 1630. The molecule has 2 fully saturated rings. The fraction of sp³-hybridized carbons (Fsp3) is 0.357. The number of aromatic nitrogens is 1. The number of carbonyl (C=O) groups is 3. The zero-order valence-electron chi connectivity index (χ0n) is 22.8. The van der Waals surface area contributed by atoms with Gasteiger partial charge in [-0.2, -0.15) is 0 Å². The van der Waals surface area contributed by atoms with Crippen molar-refractivity contribution in [3.63, 3.8) is 0 Å². The van der Waals surface area contributed by atoms with Crippen LogP contribution >= 0.6 is 23.1 Å². The lowest BCUT2D eigenvalue weighted by atomic mass is 9.83. The highest BCUT2D eigenvalue weighted by Gasteiger charge is 2.57. The number of anilines is 2. The van der Waals surface area contributed by atoms with Gasteiger partial charge in [-0.1, -0.05) is 35.2 Å². The highest BCUT2D eigenvalue weighted by molar-refractivity contribution is 8.00. The van der Waals surface area contributed by atoms with Gasteiger partial charge in [0, 0.05) is 55.8 Å². The Morgan fingerprint density at radius 2 is 1.69 bits per heavy atom. The number of imide groups is 1. The maximum Gasteiger partial charge on any atom is 0.308 e. The van der Waals surface area contributed by atoms with E-state index < -0.39 is 33.8 Å². The van der Waals surface area contributed by atoms with E-state index in [9.17, 15) is 29.3 Å². The van der Waals surface area contributed by atoms with Gasteiger partial charge >= 0.3 is 4.87 Å². The third kappa shape index (κ3) is 4.78. The molecule has 3 aromatic rings. The Balaban J connectivity index is 1.42. The molecular weight excluding hydrogens is 582 g/mol. The van der Waals surface area contributed by atoms with Crippen LogP contribution < -0.4 is 14.7 Å². The molecule has 3 amide bonds. The normalized spacial score (nSPS) is 21.7. The van der Waals surface area contributed by atoms with E-state index >= 15 is 0 Å². The lowest BCUT2D eigenvalue weighted by molar-refractivity contribution is -0.384. The van der Waals surface area contributed by atoms with E-state index in [1.165, 1.54) is 28.8 Å². The predicted octanol–water partition coefficient (Wildman–Crippen LogP) is 2.54. The third-order valence-electron chi connectivity index (χ3n) is 7.79. The second kappa shape index (κ2) is 11.0. The van der Waals surface area contributed by atoms with Crippen molar-refractivity contribution in [2.45, 2.75) is 22.7 Å². The molecule has 12 nitrogen and oxygen atoms in total. The molecule has 3 atom stereocenters. The van der Waals surface area contributed by atoms with Gasteiger partial charge in [-0.3, -0.25) is 33.9 Å². The van der Waals surface area contributed by atoms with E-state index in [0.29, 0.717) is 36.2 Å². The Hall–Kier alpha value is -4.01. The number of hydrogen-bond donors (Lipinski definition) is 0. The van der Waals surface area contributed by atoms with Gasteiger partial charge in [0.25, 0.3) is 5.69 Å². The molecule has 4 heterocycles. The second-order valence-electron chi connectivity index (χ2n) is 10.4. The molecule has 2 aromatic carbocycles. The maximum absolute atomic E-state index is 14.0. The fourth-order valence-corrected chi connectivity index (χ4v) is 8.39. The molecule has 42 heavy (non-hydrogen) atoms. The van der Waals surface area contributed by atoms with Gasteiger partial charge in [-0.05, 0) is 29.8 Å². The molecule has 218 valence electrons. The summed E-state index contributed by atoms with van der Waals surface area (Å²) >= 11 is 2.13. The molecule has 0 aliphatic carbocycles. The Kier molecular flexibility index (Phi) is 7.37. The number of nitrogens with zero attached hydrogens (tertiary/aromatic N) is 5. The largest absolute Gasteiger partial charge is 0.378 e. The van der Waals surface area contributed by atoms with Gasteiger partial charge in [0.2, 0.25) is 17.7 Å². The number of benzene rings is 2. The number of nitro benzene ring substituents is 1. The van der Waals surface area contributed by atoms with Gasteiger partial charge < -0.3 is 14.5 Å². The van der Waals surface area contributed by atoms with Crippen LogP contribution in [0.5, 0.6) is 0 Å². The molecule has 3 unspecified atom stereocenters. The number of fused-ring (bicyclic) bond motifs is 2. The maximum atomic E-state index is 14.0. The van der Waals surface area contributed by atoms with E-state index in [1.54, 1.807) is 4.90 Å². The minimum absolute atomic E-state index is 0.153. The summed E-state index contributed by atoms with van der Waals surface area (Å²) in [4.78, 5) is 70.0. The van der Waals surface area contributed by atoms with Crippen LogP contribution in [0, 0.1) is 16.0 Å². The van der Waals surface area contributed by atoms with E-state index in [0.717, 1.165) is 39.2 Å². The minimum atomic E-state index is -0.850. The Morgan fingerprint density at radius 3 is 2.31 bits per heavy atom. The number of thioether (sulfide) groups is 1. The van der Waals surface area contributed by atoms with Crippen molar-refractivity contribution in [2.75, 3.05) is 50.2 Å². The number of morpholine rings is 1. The average molecular weight is 610 g/mol. The van der Waals surface area contributed by atoms with Gasteiger partial charge in [0.15, 0.2) is 0 Å². The van der Waals surface area contributed by atoms with E-state index in [2.05, 4.69) is 0 Å². The van der Waals surface area contributed by atoms with Crippen LogP contribution in [0.2, 0.25) is 0 Å². The molecular formula is C28H27N5O7S2. The number of amides is 3. The van der Waals surface area contributed by atoms with E-state index in [4.69, 9.17) is 4.74 Å². The van der Waals surface area contributed by atoms with Crippen molar-refractivity contribution in [3.8, 4) is 0 Å². The van der Waals surface area contributed by atoms with Gasteiger partial charge in [-0.15, -0.1) is 0 Å².